The van der Waals surface area contributed by atoms with Crippen LogP contribution in [0.15, 0.2) is 24.3 Å². The number of carbonyl (C=O) groups is 1. The molecule has 4 fully saturated rings. The molecule has 4 nitrogen and oxygen atoms in total. The van der Waals surface area contributed by atoms with Crippen LogP contribution in [-0.2, 0) is 4.74 Å². The minimum Gasteiger partial charge on any atom is -0.444 e. The lowest BCUT2D eigenvalue weighted by atomic mass is 9.86. The minimum atomic E-state index is -0.142. The summed E-state index contributed by atoms with van der Waals surface area (Å²) in [6.45, 7) is 6.13. The van der Waals surface area contributed by atoms with Crippen LogP contribution in [0.4, 0.5) is 10.5 Å². The number of ether oxygens (including phenoxy) is 1. The van der Waals surface area contributed by atoms with E-state index in [1.165, 1.54) is 57.2 Å². The number of rotatable bonds is 4. The van der Waals surface area contributed by atoms with E-state index in [2.05, 4.69) is 24.0 Å². The van der Waals surface area contributed by atoms with E-state index in [1.807, 2.05) is 17.0 Å². The highest BCUT2D eigenvalue weighted by atomic mass is 16.6. The molecule has 136 valence electrons. The first-order valence-corrected chi connectivity index (χ1v) is 9.96. The third-order valence-electron chi connectivity index (χ3n) is 6.30. The zero-order valence-corrected chi connectivity index (χ0v) is 15.3. The Balaban J connectivity index is 1.49. The number of hydrogen-bond acceptors (Lipinski definition) is 3. The van der Waals surface area contributed by atoms with E-state index in [0.717, 1.165) is 18.8 Å². The smallest absolute Gasteiger partial charge is 0.414 e. The van der Waals surface area contributed by atoms with Crippen LogP contribution in [0.25, 0.3) is 0 Å². The first-order valence-electron chi connectivity index (χ1n) is 9.96. The van der Waals surface area contributed by atoms with E-state index in [4.69, 9.17) is 4.74 Å². The molecular formula is C21H30N2O2. The van der Waals surface area contributed by atoms with Crippen LogP contribution >= 0.6 is 0 Å². The van der Waals surface area contributed by atoms with Crippen LogP contribution < -0.4 is 4.90 Å². The molecular weight excluding hydrogens is 312 g/mol. The van der Waals surface area contributed by atoms with E-state index in [0.29, 0.717) is 11.8 Å². The average Bonchev–Trinajstić information content (AvgIpc) is 3.14. The van der Waals surface area contributed by atoms with Crippen molar-refractivity contribution in [3.8, 4) is 0 Å². The monoisotopic (exact) mass is 342 g/mol. The normalized spacial score (nSPS) is 28.9. The Morgan fingerprint density at radius 1 is 1.20 bits per heavy atom. The molecule has 2 bridgehead atoms. The highest BCUT2D eigenvalue weighted by Gasteiger charge is 2.37. The number of nitrogens with zero attached hydrogens (tertiary/aromatic N) is 2. The number of fused-ring (bicyclic) bond motifs is 3. The predicted octanol–water partition coefficient (Wildman–Crippen LogP) is 4.22. The Hall–Kier alpha value is -1.55. The molecule has 25 heavy (non-hydrogen) atoms. The molecule has 1 atom stereocenters. The molecule has 1 aromatic carbocycles. The topological polar surface area (TPSA) is 32.8 Å². The van der Waals surface area contributed by atoms with Crippen molar-refractivity contribution < 1.29 is 9.53 Å². The molecule has 1 saturated carbocycles. The Morgan fingerprint density at radius 3 is 2.60 bits per heavy atom. The molecule has 0 N–H and O–H groups in total. The van der Waals surface area contributed by atoms with Crippen molar-refractivity contribution in [2.24, 2.45) is 11.8 Å². The van der Waals surface area contributed by atoms with E-state index < -0.39 is 0 Å². The summed E-state index contributed by atoms with van der Waals surface area (Å²) in [5, 5.41) is 0. The van der Waals surface area contributed by atoms with E-state index in [1.54, 1.807) is 0 Å². The van der Waals surface area contributed by atoms with Crippen molar-refractivity contribution in [1.82, 2.24) is 4.90 Å². The van der Waals surface area contributed by atoms with Gasteiger partial charge in [0.2, 0.25) is 0 Å². The lowest BCUT2D eigenvalue weighted by Gasteiger charge is -2.44. The highest BCUT2D eigenvalue weighted by molar-refractivity contribution is 5.87. The summed E-state index contributed by atoms with van der Waals surface area (Å²) in [7, 11) is 0. The number of carbonyl (C=O) groups excluding carboxylic acids is 1. The van der Waals surface area contributed by atoms with Gasteiger partial charge in [-0.2, -0.15) is 0 Å². The van der Waals surface area contributed by atoms with Gasteiger partial charge in [0.05, 0.1) is 0 Å². The molecule has 4 aliphatic rings. The number of aryl methyl sites for hydroxylation is 1. The van der Waals surface area contributed by atoms with Gasteiger partial charge < -0.3 is 4.74 Å². The van der Waals surface area contributed by atoms with E-state index >= 15 is 0 Å². The number of benzene rings is 1. The Morgan fingerprint density at radius 2 is 1.96 bits per heavy atom. The van der Waals surface area contributed by atoms with Gasteiger partial charge in [0.15, 0.2) is 0 Å². The Kier molecular flexibility index (Phi) is 4.98. The van der Waals surface area contributed by atoms with Gasteiger partial charge in [-0.25, -0.2) is 4.79 Å². The Bertz CT molecular complexity index is 604. The fraction of sp³-hybridized carbons (Fsp3) is 0.667. The average molecular weight is 342 g/mol. The quantitative estimate of drug-likeness (QED) is 0.821. The van der Waals surface area contributed by atoms with Gasteiger partial charge in [-0.3, -0.25) is 9.80 Å². The highest BCUT2D eigenvalue weighted by Crippen LogP contribution is 2.32. The van der Waals surface area contributed by atoms with Crippen molar-refractivity contribution >= 4 is 11.8 Å². The third kappa shape index (κ3) is 3.84. The predicted molar refractivity (Wildman–Crippen MR) is 99.9 cm³/mol. The molecule has 0 unspecified atom stereocenters. The molecule has 3 aliphatic heterocycles. The maximum absolute atomic E-state index is 13.1. The van der Waals surface area contributed by atoms with Gasteiger partial charge in [0.25, 0.3) is 0 Å². The zero-order valence-electron chi connectivity index (χ0n) is 15.3. The standard InChI is InChI=1S/C21H30N2O2/c1-16-5-4-8-19(13-16)23(14-17-6-2-3-7-17)21(24)25-20-15-22-11-9-18(20)10-12-22/h4-5,8,13,17-18,20H,2-3,6-7,9-12,14-15H2,1H3/t20-/m0/s1. The molecule has 3 heterocycles. The van der Waals surface area contributed by atoms with Gasteiger partial charge in [0.1, 0.15) is 6.10 Å². The van der Waals surface area contributed by atoms with Gasteiger partial charge in [-0.1, -0.05) is 25.0 Å². The largest absolute Gasteiger partial charge is 0.444 e. The molecule has 0 spiro atoms. The fourth-order valence-electron chi connectivity index (χ4n) is 4.77. The Labute approximate surface area is 151 Å². The lowest BCUT2D eigenvalue weighted by Crippen LogP contribution is -2.53. The first-order chi connectivity index (χ1) is 12.2. The molecule has 1 amide bonds. The van der Waals surface area contributed by atoms with Gasteiger partial charge >= 0.3 is 6.09 Å². The zero-order chi connectivity index (χ0) is 17.2. The van der Waals surface area contributed by atoms with Gasteiger partial charge in [0, 0.05) is 18.8 Å². The van der Waals surface area contributed by atoms with Crippen LogP contribution in [-0.4, -0.2) is 43.3 Å². The molecule has 3 saturated heterocycles. The second kappa shape index (κ2) is 7.36. The van der Waals surface area contributed by atoms with Crippen LogP contribution in [0.3, 0.4) is 0 Å². The fourth-order valence-corrected chi connectivity index (χ4v) is 4.77. The van der Waals surface area contributed by atoms with Crippen LogP contribution in [0.1, 0.15) is 44.1 Å². The maximum Gasteiger partial charge on any atom is 0.414 e. The van der Waals surface area contributed by atoms with E-state index in [-0.39, 0.29) is 12.2 Å². The summed E-state index contributed by atoms with van der Waals surface area (Å²) >= 11 is 0. The number of anilines is 1. The lowest BCUT2D eigenvalue weighted by molar-refractivity contribution is -0.0311. The number of amides is 1. The summed E-state index contributed by atoms with van der Waals surface area (Å²) in [6, 6.07) is 8.26. The van der Waals surface area contributed by atoms with Crippen molar-refractivity contribution in [2.75, 3.05) is 31.1 Å². The number of piperidine rings is 3. The first kappa shape index (κ1) is 16.9. The second-order valence-corrected chi connectivity index (χ2v) is 8.16. The van der Waals surface area contributed by atoms with Gasteiger partial charge in [-0.15, -0.1) is 0 Å². The van der Waals surface area contributed by atoms with Crippen LogP contribution in [0.5, 0.6) is 0 Å². The molecule has 4 heteroatoms. The summed E-state index contributed by atoms with van der Waals surface area (Å²) in [5.74, 6) is 1.17. The minimum absolute atomic E-state index is 0.0749. The van der Waals surface area contributed by atoms with Crippen molar-refractivity contribution in [1.29, 1.82) is 0 Å². The maximum atomic E-state index is 13.1. The van der Waals surface area contributed by atoms with Gasteiger partial charge in [-0.05, 0) is 75.2 Å². The van der Waals surface area contributed by atoms with Crippen molar-refractivity contribution in [2.45, 2.75) is 51.6 Å². The molecule has 0 radical (unpaired) electrons. The molecule has 5 rings (SSSR count). The second-order valence-electron chi connectivity index (χ2n) is 8.16. The van der Waals surface area contributed by atoms with E-state index in [9.17, 15) is 4.79 Å². The van der Waals surface area contributed by atoms with Crippen LogP contribution in [0.2, 0.25) is 0 Å². The summed E-state index contributed by atoms with van der Waals surface area (Å²) in [5.41, 5.74) is 2.17. The van der Waals surface area contributed by atoms with Crippen molar-refractivity contribution in [3.05, 3.63) is 29.8 Å². The third-order valence-corrected chi connectivity index (χ3v) is 6.30. The summed E-state index contributed by atoms with van der Waals surface area (Å²) in [6.07, 6.45) is 7.32. The van der Waals surface area contributed by atoms with Crippen LogP contribution in [0, 0.1) is 18.8 Å². The molecule has 1 aliphatic carbocycles. The summed E-state index contributed by atoms with van der Waals surface area (Å²) in [4.78, 5) is 17.4. The molecule has 0 aromatic heterocycles. The van der Waals surface area contributed by atoms with Crippen molar-refractivity contribution in [3.63, 3.8) is 0 Å². The number of hydrogen-bond donors (Lipinski definition) is 0. The molecule has 1 aromatic rings. The summed E-state index contributed by atoms with van der Waals surface area (Å²) < 4.78 is 6.04. The SMILES string of the molecule is Cc1cccc(N(CC2CCCC2)C(=O)O[C@H]2CN3CCC2CC3)c1.